The van der Waals surface area contributed by atoms with Gasteiger partial charge < -0.3 is 14.2 Å². The van der Waals surface area contributed by atoms with E-state index in [9.17, 15) is 9.59 Å². The molecule has 1 aliphatic rings. The Kier molecular flexibility index (Phi) is 6.08. The van der Waals surface area contributed by atoms with Crippen LogP contribution in [0, 0.1) is 0 Å². The Morgan fingerprint density at radius 2 is 1.83 bits per heavy atom. The van der Waals surface area contributed by atoms with E-state index in [1.54, 1.807) is 12.1 Å². The topological polar surface area (TPSA) is 80.3 Å². The van der Waals surface area contributed by atoms with Crippen molar-refractivity contribution in [3.8, 4) is 0 Å². The highest BCUT2D eigenvalue weighted by Crippen LogP contribution is 2.40. The van der Waals surface area contributed by atoms with E-state index >= 15 is 0 Å². The standard InChI is InChI=1S/C17H20O7/c1-4-22-14-11-17(24-23-14,12-8-6-5-7-9-12)10-13(15(18)20-2)16(19)21-3/h5-10,14H,4,11H2,1-3H3/t14-,17-/m0/s1. The lowest BCUT2D eigenvalue weighted by atomic mass is 9.88. The quantitative estimate of drug-likeness (QED) is 0.258. The molecule has 0 bridgehead atoms. The molecule has 1 saturated heterocycles. The number of rotatable bonds is 6. The molecule has 0 aliphatic carbocycles. The van der Waals surface area contributed by atoms with E-state index in [2.05, 4.69) is 9.47 Å². The highest BCUT2D eigenvalue weighted by Gasteiger charge is 2.45. The Morgan fingerprint density at radius 1 is 1.21 bits per heavy atom. The molecule has 0 saturated carbocycles. The van der Waals surface area contributed by atoms with Crippen molar-refractivity contribution in [3.63, 3.8) is 0 Å². The summed E-state index contributed by atoms with van der Waals surface area (Å²) in [7, 11) is 2.37. The van der Waals surface area contributed by atoms with E-state index in [1.165, 1.54) is 20.3 Å². The molecular weight excluding hydrogens is 316 g/mol. The van der Waals surface area contributed by atoms with E-state index < -0.39 is 23.8 Å². The Bertz CT molecular complexity index is 593. The minimum atomic E-state index is -1.17. The van der Waals surface area contributed by atoms with E-state index in [4.69, 9.17) is 14.5 Å². The van der Waals surface area contributed by atoms with Gasteiger partial charge in [-0.1, -0.05) is 30.3 Å². The third-order valence-electron chi connectivity index (χ3n) is 3.58. The second kappa shape index (κ2) is 8.05. The van der Waals surface area contributed by atoms with Gasteiger partial charge in [0.15, 0.2) is 11.9 Å². The Balaban J connectivity index is 2.48. The smallest absolute Gasteiger partial charge is 0.345 e. The zero-order chi connectivity index (χ0) is 17.6. The van der Waals surface area contributed by atoms with Crippen molar-refractivity contribution in [3.05, 3.63) is 47.5 Å². The van der Waals surface area contributed by atoms with Crippen LogP contribution in [0.15, 0.2) is 42.0 Å². The molecule has 1 aliphatic heterocycles. The van der Waals surface area contributed by atoms with Crippen LogP contribution in [0.1, 0.15) is 18.9 Å². The number of carbonyl (C=O) groups excluding carboxylic acids is 2. The van der Waals surface area contributed by atoms with Gasteiger partial charge in [-0.15, -0.1) is 0 Å². The minimum Gasteiger partial charge on any atom is -0.465 e. The number of carbonyl (C=O) groups is 2. The van der Waals surface area contributed by atoms with Gasteiger partial charge in [-0.25, -0.2) is 19.4 Å². The van der Waals surface area contributed by atoms with Gasteiger partial charge in [0.25, 0.3) is 0 Å². The van der Waals surface area contributed by atoms with Crippen LogP contribution in [0.2, 0.25) is 0 Å². The fraction of sp³-hybridized carbons (Fsp3) is 0.412. The molecule has 24 heavy (non-hydrogen) atoms. The van der Waals surface area contributed by atoms with Gasteiger partial charge in [0.1, 0.15) is 5.57 Å². The summed E-state index contributed by atoms with van der Waals surface area (Å²) in [6.45, 7) is 2.26. The summed E-state index contributed by atoms with van der Waals surface area (Å²) < 4.78 is 14.8. The molecule has 2 rings (SSSR count). The first-order valence-electron chi connectivity index (χ1n) is 7.47. The summed E-state index contributed by atoms with van der Waals surface area (Å²) in [5.74, 6) is -1.64. The molecule has 2 atom stereocenters. The van der Waals surface area contributed by atoms with Crippen molar-refractivity contribution in [1.29, 1.82) is 0 Å². The first kappa shape index (κ1) is 18.1. The zero-order valence-electron chi connectivity index (χ0n) is 13.8. The van der Waals surface area contributed by atoms with Gasteiger partial charge in [-0.2, -0.15) is 0 Å². The fourth-order valence-corrected chi connectivity index (χ4v) is 2.43. The first-order valence-corrected chi connectivity index (χ1v) is 7.47. The summed E-state index contributed by atoms with van der Waals surface area (Å²) >= 11 is 0. The first-order chi connectivity index (χ1) is 11.6. The summed E-state index contributed by atoms with van der Waals surface area (Å²) in [6, 6.07) is 9.09. The van der Waals surface area contributed by atoms with E-state index in [-0.39, 0.29) is 12.0 Å². The highest BCUT2D eigenvalue weighted by molar-refractivity contribution is 6.14. The maximum atomic E-state index is 12.0. The number of esters is 2. The van der Waals surface area contributed by atoms with Crippen LogP contribution < -0.4 is 0 Å². The second-order valence-electron chi connectivity index (χ2n) is 5.07. The molecule has 1 heterocycles. The zero-order valence-corrected chi connectivity index (χ0v) is 13.8. The summed E-state index contributed by atoms with van der Waals surface area (Å²) in [4.78, 5) is 34.6. The van der Waals surface area contributed by atoms with Gasteiger partial charge in [0.2, 0.25) is 0 Å². The van der Waals surface area contributed by atoms with Crippen LogP contribution >= 0.6 is 0 Å². The van der Waals surface area contributed by atoms with Crippen molar-refractivity contribution in [1.82, 2.24) is 0 Å². The normalized spacial score (nSPS) is 22.7. The Hall–Kier alpha value is -2.22. The molecule has 1 aromatic rings. The van der Waals surface area contributed by atoms with Crippen LogP contribution in [-0.2, 0) is 39.2 Å². The van der Waals surface area contributed by atoms with Crippen LogP contribution in [0.5, 0.6) is 0 Å². The number of methoxy groups -OCH3 is 2. The van der Waals surface area contributed by atoms with Crippen LogP contribution in [0.4, 0.5) is 0 Å². The fourth-order valence-electron chi connectivity index (χ4n) is 2.43. The second-order valence-corrected chi connectivity index (χ2v) is 5.07. The molecule has 0 N–H and O–H groups in total. The Labute approximate surface area is 140 Å². The molecule has 0 spiro atoms. The average Bonchev–Trinajstić information content (AvgIpc) is 3.03. The number of hydrogen-bond acceptors (Lipinski definition) is 7. The van der Waals surface area contributed by atoms with Crippen molar-refractivity contribution in [2.45, 2.75) is 25.2 Å². The number of hydrogen-bond donors (Lipinski definition) is 0. The molecule has 1 aromatic carbocycles. The monoisotopic (exact) mass is 336 g/mol. The summed E-state index contributed by atoms with van der Waals surface area (Å²) in [5, 5.41) is 0. The molecular formula is C17H20O7. The average molecular weight is 336 g/mol. The number of benzene rings is 1. The van der Waals surface area contributed by atoms with Crippen LogP contribution in [-0.4, -0.2) is 39.1 Å². The molecule has 0 radical (unpaired) electrons. The van der Waals surface area contributed by atoms with Gasteiger partial charge in [0, 0.05) is 13.0 Å². The van der Waals surface area contributed by atoms with Gasteiger partial charge >= 0.3 is 11.9 Å². The molecule has 7 nitrogen and oxygen atoms in total. The largest absolute Gasteiger partial charge is 0.465 e. The predicted octanol–water partition coefficient (Wildman–Crippen LogP) is 1.87. The maximum Gasteiger partial charge on any atom is 0.345 e. The molecule has 0 unspecified atom stereocenters. The highest BCUT2D eigenvalue weighted by atomic mass is 17.2. The van der Waals surface area contributed by atoms with Crippen LogP contribution in [0.3, 0.4) is 0 Å². The predicted molar refractivity (Wildman–Crippen MR) is 82.4 cm³/mol. The van der Waals surface area contributed by atoms with E-state index in [0.717, 1.165) is 0 Å². The molecule has 0 amide bonds. The van der Waals surface area contributed by atoms with Crippen molar-refractivity contribution in [2.75, 3.05) is 20.8 Å². The van der Waals surface area contributed by atoms with Gasteiger partial charge in [-0.3, -0.25) is 0 Å². The van der Waals surface area contributed by atoms with Crippen LogP contribution in [0.25, 0.3) is 0 Å². The summed E-state index contributed by atoms with van der Waals surface area (Å²) in [6.07, 6.45) is 1.00. The van der Waals surface area contributed by atoms with Gasteiger partial charge in [0.05, 0.1) is 14.2 Å². The molecule has 130 valence electrons. The van der Waals surface area contributed by atoms with Crippen molar-refractivity contribution >= 4 is 11.9 Å². The Morgan fingerprint density at radius 3 is 2.38 bits per heavy atom. The number of ether oxygens (including phenoxy) is 3. The lowest BCUT2D eigenvalue weighted by molar-refractivity contribution is -0.357. The third-order valence-corrected chi connectivity index (χ3v) is 3.58. The van der Waals surface area contributed by atoms with E-state index in [0.29, 0.717) is 12.2 Å². The van der Waals surface area contributed by atoms with Gasteiger partial charge in [-0.05, 0) is 18.6 Å². The maximum absolute atomic E-state index is 12.0. The molecule has 1 fully saturated rings. The molecule has 0 aromatic heterocycles. The van der Waals surface area contributed by atoms with Crippen molar-refractivity contribution < 1.29 is 33.6 Å². The van der Waals surface area contributed by atoms with E-state index in [1.807, 2.05) is 25.1 Å². The minimum absolute atomic E-state index is 0.266. The van der Waals surface area contributed by atoms with Crippen molar-refractivity contribution in [2.24, 2.45) is 0 Å². The lowest BCUT2D eigenvalue weighted by Gasteiger charge is -2.23. The summed E-state index contributed by atoms with van der Waals surface area (Å²) in [5.41, 5.74) is -0.735. The molecule has 7 heteroatoms. The SMILES string of the molecule is CCO[C@@H]1C[C@@](C=C(C(=O)OC)C(=O)OC)(c2ccccc2)OO1. The third kappa shape index (κ3) is 3.81. The lowest BCUT2D eigenvalue weighted by Crippen LogP contribution is -2.27.